The molecule has 5 rings (SSSR count). The second-order valence-electron chi connectivity index (χ2n) is 7.76. The highest BCUT2D eigenvalue weighted by Crippen LogP contribution is 2.32. The molecule has 0 amide bonds. The van der Waals surface area contributed by atoms with Crippen molar-refractivity contribution in [3.05, 3.63) is 73.3 Å². The van der Waals surface area contributed by atoms with Gasteiger partial charge in [0.05, 0.1) is 17.1 Å². The zero-order chi connectivity index (χ0) is 20.7. The number of rotatable bonds is 3. The molecule has 5 nitrogen and oxygen atoms in total. The number of halogens is 2. The minimum Gasteiger partial charge on any atom is -0.361 e. The van der Waals surface area contributed by atoms with Crippen molar-refractivity contribution in [1.29, 1.82) is 0 Å². The first kappa shape index (κ1) is 19.7. The molecule has 0 saturated heterocycles. The summed E-state index contributed by atoms with van der Waals surface area (Å²) < 4.78 is 3.37. The van der Waals surface area contributed by atoms with E-state index >= 15 is 0 Å². The topological polar surface area (TPSA) is 63.0 Å². The lowest BCUT2D eigenvalue weighted by atomic mass is 9.88. The van der Waals surface area contributed by atoms with E-state index in [0.717, 1.165) is 49.6 Å². The number of benzene rings is 2. The van der Waals surface area contributed by atoms with Crippen molar-refractivity contribution >= 4 is 59.9 Å². The van der Waals surface area contributed by atoms with Gasteiger partial charge < -0.3 is 4.98 Å². The second kappa shape index (κ2) is 8.12. The van der Waals surface area contributed by atoms with E-state index in [1.54, 1.807) is 6.21 Å². The molecule has 0 unspecified atom stereocenters. The van der Waals surface area contributed by atoms with Crippen LogP contribution >= 0.6 is 31.9 Å². The van der Waals surface area contributed by atoms with E-state index in [2.05, 4.69) is 41.9 Å². The molecule has 1 saturated carbocycles. The average Bonchev–Trinajstić information content (AvgIpc) is 3.16. The van der Waals surface area contributed by atoms with Gasteiger partial charge in [0.1, 0.15) is 5.82 Å². The molecule has 1 aliphatic rings. The number of nitrogens with zero attached hydrogens (tertiary/aromatic N) is 3. The molecular formula is C23H20Br2N4O. The van der Waals surface area contributed by atoms with Gasteiger partial charge in [-0.1, -0.05) is 51.1 Å². The van der Waals surface area contributed by atoms with Crippen LogP contribution in [0.3, 0.4) is 0 Å². The lowest BCUT2D eigenvalue weighted by Crippen LogP contribution is -2.25. The number of hydrogen-bond acceptors (Lipinski definition) is 3. The Morgan fingerprint density at radius 3 is 2.57 bits per heavy atom. The highest BCUT2D eigenvalue weighted by Gasteiger charge is 2.22. The summed E-state index contributed by atoms with van der Waals surface area (Å²) in [6.45, 7) is 0. The fourth-order valence-corrected chi connectivity index (χ4v) is 4.97. The molecule has 30 heavy (non-hydrogen) atoms. The van der Waals surface area contributed by atoms with Crippen LogP contribution in [0.5, 0.6) is 0 Å². The zero-order valence-corrected chi connectivity index (χ0v) is 19.4. The Morgan fingerprint density at radius 2 is 1.77 bits per heavy atom. The molecule has 2 aromatic heterocycles. The summed E-state index contributed by atoms with van der Waals surface area (Å²) in [6, 6.07) is 11.7. The van der Waals surface area contributed by atoms with Crippen LogP contribution in [-0.4, -0.2) is 20.9 Å². The maximum Gasteiger partial charge on any atom is 0.282 e. The van der Waals surface area contributed by atoms with Crippen LogP contribution in [0.4, 0.5) is 0 Å². The summed E-state index contributed by atoms with van der Waals surface area (Å²) in [5.74, 6) is 1.03. The Morgan fingerprint density at radius 1 is 1.03 bits per heavy atom. The number of H-pyrrole nitrogens is 1. The van der Waals surface area contributed by atoms with E-state index in [0.29, 0.717) is 5.39 Å². The van der Waals surface area contributed by atoms with Gasteiger partial charge in [-0.25, -0.2) is 4.98 Å². The number of fused-ring (bicyclic) bond motifs is 2. The van der Waals surface area contributed by atoms with Crippen molar-refractivity contribution in [1.82, 2.24) is 14.6 Å². The molecule has 1 N–H and O–H groups in total. The van der Waals surface area contributed by atoms with E-state index < -0.39 is 0 Å². The fraction of sp³-hybridized carbons (Fsp3) is 0.261. The van der Waals surface area contributed by atoms with Crippen molar-refractivity contribution in [2.75, 3.05) is 0 Å². The van der Waals surface area contributed by atoms with E-state index in [1.807, 2.05) is 42.6 Å². The Balaban J connectivity index is 1.67. The summed E-state index contributed by atoms with van der Waals surface area (Å²) in [5.41, 5.74) is 2.56. The largest absolute Gasteiger partial charge is 0.361 e. The van der Waals surface area contributed by atoms with Gasteiger partial charge in [0.2, 0.25) is 0 Å². The molecule has 0 atom stereocenters. The molecule has 152 valence electrons. The van der Waals surface area contributed by atoms with Gasteiger partial charge >= 0.3 is 0 Å². The average molecular weight is 528 g/mol. The summed E-state index contributed by atoms with van der Waals surface area (Å²) in [7, 11) is 0. The van der Waals surface area contributed by atoms with Crippen molar-refractivity contribution in [3.63, 3.8) is 0 Å². The van der Waals surface area contributed by atoms with Crippen molar-refractivity contribution in [3.8, 4) is 0 Å². The summed E-state index contributed by atoms with van der Waals surface area (Å²) >= 11 is 7.00. The molecule has 2 aromatic carbocycles. The predicted octanol–water partition coefficient (Wildman–Crippen LogP) is 6.33. The van der Waals surface area contributed by atoms with Crippen molar-refractivity contribution in [2.24, 2.45) is 5.10 Å². The van der Waals surface area contributed by atoms with Gasteiger partial charge in [-0.2, -0.15) is 9.78 Å². The summed E-state index contributed by atoms with van der Waals surface area (Å²) in [4.78, 5) is 21.5. The lowest BCUT2D eigenvalue weighted by molar-refractivity contribution is 0.416. The number of aromatic amines is 1. The highest BCUT2D eigenvalue weighted by atomic mass is 79.9. The highest BCUT2D eigenvalue weighted by molar-refractivity contribution is 9.10. The molecule has 4 aromatic rings. The Kier molecular flexibility index (Phi) is 5.33. The van der Waals surface area contributed by atoms with Crippen LogP contribution in [0.1, 0.15) is 49.4 Å². The molecule has 0 radical (unpaired) electrons. The molecule has 0 spiro atoms. The minimum atomic E-state index is -0.126. The maximum absolute atomic E-state index is 13.4. The van der Waals surface area contributed by atoms with Gasteiger partial charge in [-0.05, 0) is 49.2 Å². The Bertz CT molecular complexity index is 1330. The molecule has 7 heteroatoms. The first-order valence-electron chi connectivity index (χ1n) is 10.1. The third-order valence-corrected chi connectivity index (χ3v) is 6.78. The normalized spacial score (nSPS) is 15.5. The van der Waals surface area contributed by atoms with E-state index in [4.69, 9.17) is 4.98 Å². The lowest BCUT2D eigenvalue weighted by Gasteiger charge is -2.22. The Labute approximate surface area is 190 Å². The molecule has 1 aliphatic carbocycles. The van der Waals surface area contributed by atoms with Gasteiger partial charge in [-0.15, -0.1) is 0 Å². The maximum atomic E-state index is 13.4. The fourth-order valence-electron chi connectivity index (χ4n) is 4.24. The quantitative estimate of drug-likeness (QED) is 0.316. The second-order valence-corrected chi connectivity index (χ2v) is 9.59. The summed E-state index contributed by atoms with van der Waals surface area (Å²) in [6.07, 6.45) is 9.34. The van der Waals surface area contributed by atoms with Crippen molar-refractivity contribution < 1.29 is 0 Å². The molecule has 0 aliphatic heterocycles. The number of nitrogens with one attached hydrogen (secondary N) is 1. The zero-order valence-electron chi connectivity index (χ0n) is 16.2. The van der Waals surface area contributed by atoms with E-state index in [9.17, 15) is 4.79 Å². The Hall–Kier alpha value is -2.25. The monoisotopic (exact) mass is 526 g/mol. The molecular weight excluding hydrogens is 508 g/mol. The van der Waals surface area contributed by atoms with Crippen LogP contribution < -0.4 is 5.56 Å². The van der Waals surface area contributed by atoms with Crippen molar-refractivity contribution in [2.45, 2.75) is 38.0 Å². The van der Waals surface area contributed by atoms with Crippen LogP contribution in [0.25, 0.3) is 21.8 Å². The standard InChI is InChI=1S/C23H20Br2N4O/c24-16-6-8-20-18(10-16)15(12-26-20)13-27-29-22(14-4-2-1-3-5-14)28-21-9-7-17(25)11-19(21)23(29)30/h6-14,26H,1-5H2. The van der Waals surface area contributed by atoms with Crippen LogP contribution in [-0.2, 0) is 0 Å². The third kappa shape index (κ3) is 3.65. The molecule has 1 fully saturated rings. The number of aromatic nitrogens is 3. The van der Waals surface area contributed by atoms with E-state index in [1.165, 1.54) is 23.9 Å². The predicted molar refractivity (Wildman–Crippen MR) is 129 cm³/mol. The smallest absolute Gasteiger partial charge is 0.282 e. The minimum absolute atomic E-state index is 0.126. The van der Waals surface area contributed by atoms with Crippen LogP contribution in [0, 0.1) is 0 Å². The number of hydrogen-bond donors (Lipinski definition) is 1. The van der Waals surface area contributed by atoms with Crippen LogP contribution in [0.2, 0.25) is 0 Å². The van der Waals surface area contributed by atoms with E-state index in [-0.39, 0.29) is 11.5 Å². The SMILES string of the molecule is O=c1c2cc(Br)ccc2nc(C2CCCCC2)n1N=Cc1c[nH]c2ccc(Br)cc12. The van der Waals surface area contributed by atoms with Gasteiger partial charge in [0.25, 0.3) is 5.56 Å². The van der Waals surface area contributed by atoms with Gasteiger partial charge in [-0.3, -0.25) is 4.79 Å². The first-order chi connectivity index (χ1) is 14.6. The summed E-state index contributed by atoms with van der Waals surface area (Å²) in [5, 5.41) is 6.27. The van der Waals surface area contributed by atoms with Gasteiger partial charge in [0, 0.05) is 37.5 Å². The molecule has 2 heterocycles. The first-order valence-corrected chi connectivity index (χ1v) is 11.7. The van der Waals surface area contributed by atoms with Gasteiger partial charge in [0.15, 0.2) is 0 Å². The third-order valence-electron chi connectivity index (χ3n) is 5.79. The molecule has 0 bridgehead atoms. The van der Waals surface area contributed by atoms with Crippen LogP contribution in [0.15, 0.2) is 61.4 Å².